The predicted molar refractivity (Wildman–Crippen MR) is 61.7 cm³/mol. The van der Waals surface area contributed by atoms with Crippen molar-refractivity contribution in [1.82, 2.24) is 14.5 Å². The predicted octanol–water partition coefficient (Wildman–Crippen LogP) is 1.17. The maximum absolute atomic E-state index is 13.6. The minimum Gasteiger partial charge on any atom is -0.461 e. The minimum absolute atomic E-state index is 0.0206. The molecule has 0 bridgehead atoms. The molecule has 2 heterocycles. The number of hydrogen-bond acceptors (Lipinski definition) is 5. The van der Waals surface area contributed by atoms with Gasteiger partial charge in [0.2, 0.25) is 0 Å². The van der Waals surface area contributed by atoms with Crippen molar-refractivity contribution in [1.29, 1.82) is 0 Å². The Labute approximate surface area is 102 Å². The first-order chi connectivity index (χ1) is 8.61. The van der Waals surface area contributed by atoms with Crippen molar-refractivity contribution in [3.8, 4) is 5.82 Å². The van der Waals surface area contributed by atoms with Gasteiger partial charge in [-0.3, -0.25) is 4.57 Å². The molecule has 0 spiro atoms. The van der Waals surface area contributed by atoms with Gasteiger partial charge in [0, 0.05) is 12.3 Å². The Bertz CT molecular complexity index is 582. The number of hydrogen-bond donors (Lipinski definition) is 1. The molecule has 0 aromatic carbocycles. The highest BCUT2D eigenvalue weighted by atomic mass is 19.1. The van der Waals surface area contributed by atoms with Gasteiger partial charge in [-0.05, 0) is 6.92 Å². The Morgan fingerprint density at radius 3 is 3.00 bits per heavy atom. The fourth-order valence-electron chi connectivity index (χ4n) is 1.38. The number of nitrogens with zero attached hydrogens (tertiary/aromatic N) is 3. The topological polar surface area (TPSA) is 83.0 Å². The largest absolute Gasteiger partial charge is 0.461 e. The molecule has 0 radical (unpaired) electrons. The van der Waals surface area contributed by atoms with Gasteiger partial charge in [0.05, 0.1) is 18.5 Å². The van der Waals surface area contributed by atoms with Crippen LogP contribution < -0.4 is 5.73 Å². The van der Waals surface area contributed by atoms with Crippen LogP contribution in [0.15, 0.2) is 24.8 Å². The number of carbonyl (C=O) groups is 1. The van der Waals surface area contributed by atoms with Crippen LogP contribution in [-0.2, 0) is 4.74 Å². The molecule has 0 saturated carbocycles. The van der Waals surface area contributed by atoms with E-state index < -0.39 is 11.8 Å². The summed E-state index contributed by atoms with van der Waals surface area (Å²) in [4.78, 5) is 19.1. The number of imidazole rings is 1. The van der Waals surface area contributed by atoms with Crippen LogP contribution in [0.4, 0.5) is 10.1 Å². The van der Waals surface area contributed by atoms with E-state index in [2.05, 4.69) is 9.97 Å². The lowest BCUT2D eigenvalue weighted by molar-refractivity contribution is 0.0520. The van der Waals surface area contributed by atoms with Gasteiger partial charge in [0.25, 0.3) is 0 Å². The van der Waals surface area contributed by atoms with E-state index in [0.29, 0.717) is 0 Å². The number of halogens is 1. The van der Waals surface area contributed by atoms with Gasteiger partial charge in [-0.25, -0.2) is 19.2 Å². The quantitative estimate of drug-likeness (QED) is 0.826. The van der Waals surface area contributed by atoms with Crippen LogP contribution in [0.5, 0.6) is 0 Å². The number of ether oxygens (including phenoxy) is 1. The molecule has 2 rings (SSSR count). The maximum atomic E-state index is 13.6. The summed E-state index contributed by atoms with van der Waals surface area (Å²) >= 11 is 0. The number of carbonyl (C=O) groups excluding carboxylic acids is 1. The number of nitrogen functional groups attached to an aromatic ring is 1. The van der Waals surface area contributed by atoms with Crippen LogP contribution >= 0.6 is 0 Å². The van der Waals surface area contributed by atoms with Crippen LogP contribution in [0, 0.1) is 5.82 Å². The summed E-state index contributed by atoms with van der Waals surface area (Å²) in [5.74, 6) is -1.14. The Hall–Kier alpha value is -2.44. The van der Waals surface area contributed by atoms with Gasteiger partial charge in [-0.1, -0.05) is 0 Å². The number of esters is 1. The average molecular weight is 250 g/mol. The normalized spacial score (nSPS) is 10.3. The van der Waals surface area contributed by atoms with Gasteiger partial charge in [-0.15, -0.1) is 0 Å². The summed E-state index contributed by atoms with van der Waals surface area (Å²) in [7, 11) is 0. The zero-order valence-electron chi connectivity index (χ0n) is 9.63. The fraction of sp³-hybridized carbons (Fsp3) is 0.182. The number of nitrogens with two attached hydrogens (primary N) is 1. The van der Waals surface area contributed by atoms with Gasteiger partial charge >= 0.3 is 5.97 Å². The van der Waals surface area contributed by atoms with E-state index in [1.807, 2.05) is 0 Å². The van der Waals surface area contributed by atoms with Gasteiger partial charge < -0.3 is 10.5 Å². The highest BCUT2D eigenvalue weighted by molar-refractivity contribution is 5.87. The molecule has 0 unspecified atom stereocenters. The third-order valence-electron chi connectivity index (χ3n) is 2.15. The van der Waals surface area contributed by atoms with Crippen molar-refractivity contribution in [3.05, 3.63) is 36.3 Å². The summed E-state index contributed by atoms with van der Waals surface area (Å²) in [6.45, 7) is 1.94. The van der Waals surface area contributed by atoms with E-state index in [4.69, 9.17) is 10.5 Å². The molecule has 0 aliphatic carbocycles. The molecule has 6 nitrogen and oxygen atoms in total. The van der Waals surface area contributed by atoms with E-state index in [1.54, 1.807) is 6.92 Å². The first-order valence-electron chi connectivity index (χ1n) is 5.24. The number of aromatic nitrogens is 3. The summed E-state index contributed by atoms with van der Waals surface area (Å²) in [5.41, 5.74) is 5.71. The average Bonchev–Trinajstić information content (AvgIpc) is 2.78. The molecule has 0 aliphatic heterocycles. The third kappa shape index (κ3) is 2.29. The van der Waals surface area contributed by atoms with E-state index >= 15 is 0 Å². The van der Waals surface area contributed by atoms with Gasteiger partial charge in [-0.2, -0.15) is 0 Å². The van der Waals surface area contributed by atoms with Crippen molar-refractivity contribution in [2.24, 2.45) is 0 Å². The standard InChI is InChI=1S/C11H11FN4O2/c1-2-18-11(17)9-5-16(6-15-9)10-8(12)3-7(13)4-14-10/h3-6H,2,13H2,1H3. The molecule has 0 saturated heterocycles. The van der Waals surface area contributed by atoms with E-state index in [1.165, 1.54) is 23.3 Å². The van der Waals surface area contributed by atoms with Crippen molar-refractivity contribution >= 4 is 11.7 Å². The smallest absolute Gasteiger partial charge is 0.358 e. The van der Waals surface area contributed by atoms with Crippen LogP contribution in [0.25, 0.3) is 5.82 Å². The fourth-order valence-corrected chi connectivity index (χ4v) is 1.38. The Balaban J connectivity index is 2.32. The van der Waals surface area contributed by atoms with Crippen LogP contribution in [-0.4, -0.2) is 27.1 Å². The van der Waals surface area contributed by atoms with E-state index in [9.17, 15) is 9.18 Å². The molecule has 2 aromatic rings. The first-order valence-corrected chi connectivity index (χ1v) is 5.24. The number of rotatable bonds is 3. The second-order valence-corrected chi connectivity index (χ2v) is 3.46. The number of pyridine rings is 1. The highest BCUT2D eigenvalue weighted by Crippen LogP contribution is 2.13. The molecule has 0 atom stereocenters. The molecule has 0 fully saturated rings. The molecule has 0 amide bonds. The van der Waals surface area contributed by atoms with Crippen LogP contribution in [0.1, 0.15) is 17.4 Å². The zero-order valence-corrected chi connectivity index (χ0v) is 9.63. The van der Waals surface area contributed by atoms with E-state index in [0.717, 1.165) is 6.07 Å². The monoisotopic (exact) mass is 250 g/mol. The van der Waals surface area contributed by atoms with Crippen molar-refractivity contribution < 1.29 is 13.9 Å². The van der Waals surface area contributed by atoms with Gasteiger partial charge in [0.1, 0.15) is 6.33 Å². The molecular formula is C11H11FN4O2. The Morgan fingerprint density at radius 1 is 1.56 bits per heavy atom. The molecule has 0 aliphatic rings. The van der Waals surface area contributed by atoms with Crippen LogP contribution in [0.3, 0.4) is 0 Å². The summed E-state index contributed by atoms with van der Waals surface area (Å²) < 4.78 is 19.7. The lowest BCUT2D eigenvalue weighted by atomic mass is 10.4. The summed E-state index contributed by atoms with van der Waals surface area (Å²) in [5, 5.41) is 0. The van der Waals surface area contributed by atoms with Crippen molar-refractivity contribution in [3.63, 3.8) is 0 Å². The SMILES string of the molecule is CCOC(=O)c1cn(-c2ncc(N)cc2F)cn1. The Kier molecular flexibility index (Phi) is 3.22. The minimum atomic E-state index is -0.595. The molecule has 2 aromatic heterocycles. The van der Waals surface area contributed by atoms with Gasteiger partial charge in [0.15, 0.2) is 17.3 Å². The maximum Gasteiger partial charge on any atom is 0.358 e. The lowest BCUT2D eigenvalue weighted by Crippen LogP contribution is -2.05. The molecular weight excluding hydrogens is 239 g/mol. The highest BCUT2D eigenvalue weighted by Gasteiger charge is 2.13. The molecule has 94 valence electrons. The first kappa shape index (κ1) is 12.0. The second-order valence-electron chi connectivity index (χ2n) is 3.46. The van der Waals surface area contributed by atoms with Crippen LogP contribution in [0.2, 0.25) is 0 Å². The molecule has 18 heavy (non-hydrogen) atoms. The number of anilines is 1. The second kappa shape index (κ2) is 4.82. The third-order valence-corrected chi connectivity index (χ3v) is 2.15. The molecule has 7 heteroatoms. The molecule has 2 N–H and O–H groups in total. The van der Waals surface area contributed by atoms with Crippen molar-refractivity contribution in [2.75, 3.05) is 12.3 Å². The summed E-state index contributed by atoms with van der Waals surface area (Å²) in [6.07, 6.45) is 3.95. The zero-order chi connectivity index (χ0) is 13.1. The lowest BCUT2D eigenvalue weighted by Gasteiger charge is -2.02. The van der Waals surface area contributed by atoms with Crippen molar-refractivity contribution in [2.45, 2.75) is 6.92 Å². The summed E-state index contributed by atoms with van der Waals surface area (Å²) in [6, 6.07) is 1.15. The Morgan fingerprint density at radius 2 is 2.33 bits per heavy atom. The van der Waals surface area contributed by atoms with E-state index in [-0.39, 0.29) is 23.8 Å².